The molecule has 0 spiro atoms. The number of nitrogens with zero attached hydrogens (tertiary/aromatic N) is 1. The third-order valence-corrected chi connectivity index (χ3v) is 4.36. The first-order valence-corrected chi connectivity index (χ1v) is 7.24. The van der Waals surface area contributed by atoms with Crippen molar-refractivity contribution in [3.05, 3.63) is 35.9 Å². The molecule has 1 aliphatic rings. The van der Waals surface area contributed by atoms with Gasteiger partial charge in [-0.3, -0.25) is 9.59 Å². The van der Waals surface area contributed by atoms with Crippen molar-refractivity contribution in [3.63, 3.8) is 0 Å². The smallest absolute Gasteiger partial charge is 0.314 e. The number of carbonyl (C=O) groups excluding carboxylic acids is 1. The van der Waals surface area contributed by atoms with Crippen LogP contribution in [-0.4, -0.2) is 41.5 Å². The van der Waals surface area contributed by atoms with E-state index in [4.69, 9.17) is 5.73 Å². The van der Waals surface area contributed by atoms with Crippen LogP contribution in [0.1, 0.15) is 25.3 Å². The van der Waals surface area contributed by atoms with Crippen molar-refractivity contribution in [2.45, 2.75) is 25.2 Å². The molecule has 5 nitrogen and oxygen atoms in total. The first kappa shape index (κ1) is 15.5. The first-order chi connectivity index (χ1) is 9.97. The third-order valence-electron chi connectivity index (χ3n) is 4.36. The van der Waals surface area contributed by atoms with Crippen LogP contribution < -0.4 is 5.73 Å². The summed E-state index contributed by atoms with van der Waals surface area (Å²) in [5.74, 6) is -0.752. The summed E-state index contributed by atoms with van der Waals surface area (Å²) in [6.07, 6.45) is 0.876. The fourth-order valence-corrected chi connectivity index (χ4v) is 2.77. The third kappa shape index (κ3) is 3.24. The summed E-state index contributed by atoms with van der Waals surface area (Å²) in [6.45, 7) is 3.49. The molecule has 1 fully saturated rings. The lowest BCUT2D eigenvalue weighted by atomic mass is 9.79. The molecule has 2 rings (SSSR count). The molecule has 0 saturated carbocycles. The number of rotatable bonds is 5. The van der Waals surface area contributed by atoms with E-state index in [1.54, 1.807) is 36.1 Å². The molecule has 1 heterocycles. The topological polar surface area (TPSA) is 83.6 Å². The number of nitrogens with two attached hydrogens (primary N) is 1. The quantitative estimate of drug-likeness (QED) is 0.854. The van der Waals surface area contributed by atoms with Crippen molar-refractivity contribution >= 4 is 11.9 Å². The Labute approximate surface area is 124 Å². The second-order valence-corrected chi connectivity index (χ2v) is 5.91. The van der Waals surface area contributed by atoms with E-state index in [0.29, 0.717) is 31.1 Å². The Morgan fingerprint density at radius 3 is 2.57 bits per heavy atom. The summed E-state index contributed by atoms with van der Waals surface area (Å²) in [5, 5.41) is 9.59. The van der Waals surface area contributed by atoms with Crippen molar-refractivity contribution < 1.29 is 14.7 Å². The minimum atomic E-state index is -1.20. The van der Waals surface area contributed by atoms with Gasteiger partial charge in [0, 0.05) is 19.5 Å². The van der Waals surface area contributed by atoms with Crippen LogP contribution in [0.4, 0.5) is 0 Å². The van der Waals surface area contributed by atoms with Gasteiger partial charge in [0.2, 0.25) is 5.91 Å². The molecule has 114 valence electrons. The van der Waals surface area contributed by atoms with Gasteiger partial charge in [0.25, 0.3) is 0 Å². The van der Waals surface area contributed by atoms with Crippen molar-refractivity contribution in [3.8, 4) is 0 Å². The van der Waals surface area contributed by atoms with Crippen LogP contribution in [0, 0.1) is 5.92 Å². The van der Waals surface area contributed by atoms with Gasteiger partial charge in [-0.05, 0) is 31.4 Å². The Hall–Kier alpha value is -1.88. The Morgan fingerprint density at radius 1 is 1.38 bits per heavy atom. The molecule has 1 saturated heterocycles. The van der Waals surface area contributed by atoms with Crippen LogP contribution in [-0.2, 0) is 15.0 Å². The summed E-state index contributed by atoms with van der Waals surface area (Å²) in [7, 11) is 0. The van der Waals surface area contributed by atoms with Gasteiger partial charge < -0.3 is 15.7 Å². The number of benzene rings is 1. The van der Waals surface area contributed by atoms with E-state index in [1.165, 1.54) is 0 Å². The SMILES string of the molecule is CC(CC(=O)N1CCC(CN)C1)(C(=O)O)c1ccccc1. The molecule has 1 aromatic carbocycles. The Morgan fingerprint density at radius 2 is 2.05 bits per heavy atom. The van der Waals surface area contributed by atoms with Crippen LogP contribution in [0.3, 0.4) is 0 Å². The van der Waals surface area contributed by atoms with E-state index < -0.39 is 11.4 Å². The number of likely N-dealkylation sites (tertiary alicyclic amines) is 1. The van der Waals surface area contributed by atoms with E-state index in [0.717, 1.165) is 6.42 Å². The van der Waals surface area contributed by atoms with Gasteiger partial charge in [-0.2, -0.15) is 0 Å². The normalized spacial score (nSPS) is 21.0. The van der Waals surface area contributed by atoms with Gasteiger partial charge >= 0.3 is 5.97 Å². The zero-order valence-electron chi connectivity index (χ0n) is 12.3. The minimum absolute atomic E-state index is 0.0242. The highest BCUT2D eigenvalue weighted by atomic mass is 16.4. The molecule has 1 amide bonds. The molecule has 1 aromatic rings. The van der Waals surface area contributed by atoms with E-state index in [1.807, 2.05) is 6.07 Å². The van der Waals surface area contributed by atoms with E-state index in [9.17, 15) is 14.7 Å². The molecule has 0 bridgehead atoms. The first-order valence-electron chi connectivity index (χ1n) is 7.24. The highest BCUT2D eigenvalue weighted by molar-refractivity contribution is 5.89. The largest absolute Gasteiger partial charge is 0.481 e. The predicted molar refractivity (Wildman–Crippen MR) is 79.8 cm³/mol. The molecule has 21 heavy (non-hydrogen) atoms. The average Bonchev–Trinajstić information content (AvgIpc) is 2.97. The standard InChI is InChI=1S/C16H22N2O3/c1-16(15(20)21,13-5-3-2-4-6-13)9-14(19)18-8-7-12(10-17)11-18/h2-6,12H,7-11,17H2,1H3,(H,20,21). The predicted octanol–water partition coefficient (Wildman–Crippen LogP) is 1.23. The van der Waals surface area contributed by atoms with E-state index >= 15 is 0 Å². The lowest BCUT2D eigenvalue weighted by Crippen LogP contribution is -2.40. The highest BCUT2D eigenvalue weighted by Crippen LogP contribution is 2.30. The van der Waals surface area contributed by atoms with Crippen LogP contribution in [0.5, 0.6) is 0 Å². The van der Waals surface area contributed by atoms with Crippen molar-refractivity contribution in [2.24, 2.45) is 11.7 Å². The summed E-state index contributed by atoms with van der Waals surface area (Å²) < 4.78 is 0. The number of carboxylic acid groups (broad SMARTS) is 1. The molecule has 2 unspecified atom stereocenters. The minimum Gasteiger partial charge on any atom is -0.481 e. The molecular formula is C16H22N2O3. The Bertz CT molecular complexity index is 518. The maximum atomic E-state index is 12.4. The lowest BCUT2D eigenvalue weighted by Gasteiger charge is -2.27. The number of hydrogen-bond donors (Lipinski definition) is 2. The zero-order valence-corrected chi connectivity index (χ0v) is 12.3. The molecular weight excluding hydrogens is 268 g/mol. The second-order valence-electron chi connectivity index (χ2n) is 5.91. The van der Waals surface area contributed by atoms with Gasteiger partial charge in [-0.15, -0.1) is 0 Å². The van der Waals surface area contributed by atoms with Crippen molar-refractivity contribution in [1.82, 2.24) is 4.90 Å². The molecule has 2 atom stereocenters. The highest BCUT2D eigenvalue weighted by Gasteiger charge is 2.39. The fraction of sp³-hybridized carbons (Fsp3) is 0.500. The molecule has 3 N–H and O–H groups in total. The molecule has 1 aliphatic heterocycles. The second kappa shape index (κ2) is 6.26. The summed E-state index contributed by atoms with van der Waals surface area (Å²) in [5.41, 5.74) is 5.09. The van der Waals surface area contributed by atoms with Gasteiger partial charge in [0.05, 0.1) is 5.41 Å². The number of hydrogen-bond acceptors (Lipinski definition) is 3. The van der Waals surface area contributed by atoms with E-state index in [-0.39, 0.29) is 12.3 Å². The number of amides is 1. The lowest BCUT2D eigenvalue weighted by molar-refractivity contribution is -0.147. The van der Waals surface area contributed by atoms with Gasteiger partial charge in [-0.1, -0.05) is 30.3 Å². The molecule has 5 heteroatoms. The summed E-state index contributed by atoms with van der Waals surface area (Å²) >= 11 is 0. The maximum absolute atomic E-state index is 12.4. The fourth-order valence-electron chi connectivity index (χ4n) is 2.77. The van der Waals surface area contributed by atoms with Crippen molar-refractivity contribution in [2.75, 3.05) is 19.6 Å². The maximum Gasteiger partial charge on any atom is 0.314 e. The van der Waals surface area contributed by atoms with E-state index in [2.05, 4.69) is 0 Å². The van der Waals surface area contributed by atoms with Crippen LogP contribution >= 0.6 is 0 Å². The van der Waals surface area contributed by atoms with Crippen LogP contribution in [0.25, 0.3) is 0 Å². The Kier molecular flexibility index (Phi) is 4.63. The van der Waals surface area contributed by atoms with Crippen LogP contribution in [0.15, 0.2) is 30.3 Å². The molecule has 0 aliphatic carbocycles. The average molecular weight is 290 g/mol. The Balaban J connectivity index is 2.14. The molecule has 0 radical (unpaired) electrons. The monoisotopic (exact) mass is 290 g/mol. The number of aliphatic carboxylic acids is 1. The van der Waals surface area contributed by atoms with Crippen LogP contribution in [0.2, 0.25) is 0 Å². The zero-order chi connectivity index (χ0) is 15.5. The van der Waals surface area contributed by atoms with Crippen molar-refractivity contribution in [1.29, 1.82) is 0 Å². The summed E-state index contributed by atoms with van der Waals surface area (Å²) in [6, 6.07) is 8.94. The number of carbonyl (C=O) groups is 2. The molecule has 0 aromatic heterocycles. The number of carboxylic acids is 1. The summed E-state index contributed by atoms with van der Waals surface area (Å²) in [4.78, 5) is 25.9. The van der Waals surface area contributed by atoms with Gasteiger partial charge in [0.15, 0.2) is 0 Å². The van der Waals surface area contributed by atoms with Gasteiger partial charge in [0.1, 0.15) is 0 Å². The van der Waals surface area contributed by atoms with Gasteiger partial charge in [-0.25, -0.2) is 0 Å².